The highest BCUT2D eigenvalue weighted by atomic mass is 16.5. The number of carbonyl (C=O) groups excluding carboxylic acids is 1. The molecule has 1 fully saturated rings. The molecular weight excluding hydrogens is 218 g/mol. The number of benzene rings is 1. The molecule has 0 aromatic heterocycles. The van der Waals surface area contributed by atoms with Gasteiger partial charge in [-0.1, -0.05) is 30.3 Å². The zero-order chi connectivity index (χ0) is 12.3. The maximum Gasteiger partial charge on any atom is 0.293 e. The number of piperidine rings is 1. The van der Waals surface area contributed by atoms with Gasteiger partial charge in [0, 0.05) is 0 Å². The Balaban J connectivity index is 0.000000181. The number of hydrogen-bond donors (Lipinski definition) is 2. The molecule has 0 aliphatic carbocycles. The second-order valence-corrected chi connectivity index (χ2v) is 3.87. The van der Waals surface area contributed by atoms with Gasteiger partial charge in [-0.2, -0.15) is 0 Å². The zero-order valence-electron chi connectivity index (χ0n) is 9.84. The first-order chi connectivity index (χ1) is 8.33. The third-order valence-electron chi connectivity index (χ3n) is 2.47. The molecule has 94 valence electrons. The second kappa shape index (κ2) is 8.73. The highest BCUT2D eigenvalue weighted by molar-refractivity contribution is 5.37. The van der Waals surface area contributed by atoms with Gasteiger partial charge in [-0.05, 0) is 31.5 Å². The Morgan fingerprint density at radius 1 is 1.29 bits per heavy atom. The Hall–Kier alpha value is -1.39. The van der Waals surface area contributed by atoms with Crippen molar-refractivity contribution in [2.75, 3.05) is 13.1 Å². The van der Waals surface area contributed by atoms with Gasteiger partial charge in [-0.15, -0.1) is 0 Å². The average molecular weight is 237 g/mol. The normalized spacial score (nSPS) is 15.6. The van der Waals surface area contributed by atoms with Gasteiger partial charge in [0.25, 0.3) is 6.47 Å². The summed E-state index contributed by atoms with van der Waals surface area (Å²) in [4.78, 5) is 9.76. The molecule has 1 saturated heterocycles. The standard InChI is InChI=1S/C8H8O2.C5H11NO/c9-7-10-6-8-4-2-1-3-5-8;7-5-1-3-6-4-2-5/h1-5,7H,6H2;5-7H,1-4H2. The van der Waals surface area contributed by atoms with Crippen LogP contribution < -0.4 is 5.32 Å². The highest BCUT2D eigenvalue weighted by Crippen LogP contribution is 1.99. The van der Waals surface area contributed by atoms with Crippen molar-refractivity contribution in [2.24, 2.45) is 0 Å². The third kappa shape index (κ3) is 6.71. The van der Waals surface area contributed by atoms with Crippen LogP contribution in [0.15, 0.2) is 30.3 Å². The fourth-order valence-corrected chi connectivity index (χ4v) is 1.51. The fraction of sp³-hybridized carbons (Fsp3) is 0.462. The topological polar surface area (TPSA) is 58.6 Å². The smallest absolute Gasteiger partial charge is 0.293 e. The van der Waals surface area contributed by atoms with E-state index in [2.05, 4.69) is 10.1 Å². The molecule has 4 heteroatoms. The molecule has 1 aromatic carbocycles. The number of aliphatic hydroxyl groups is 1. The van der Waals surface area contributed by atoms with E-state index in [0.717, 1.165) is 31.5 Å². The first kappa shape index (κ1) is 13.7. The van der Waals surface area contributed by atoms with Crippen molar-refractivity contribution in [1.82, 2.24) is 5.32 Å². The maximum atomic E-state index is 9.76. The largest absolute Gasteiger partial charge is 0.463 e. The summed E-state index contributed by atoms with van der Waals surface area (Å²) in [5.74, 6) is 0. The molecule has 0 spiro atoms. The van der Waals surface area contributed by atoms with Crippen LogP contribution in [0.3, 0.4) is 0 Å². The van der Waals surface area contributed by atoms with Crippen molar-refractivity contribution in [3.8, 4) is 0 Å². The van der Waals surface area contributed by atoms with Crippen molar-refractivity contribution in [2.45, 2.75) is 25.6 Å². The van der Waals surface area contributed by atoms with Crippen molar-refractivity contribution >= 4 is 6.47 Å². The molecule has 0 unspecified atom stereocenters. The molecule has 1 aromatic rings. The minimum atomic E-state index is -0.0266. The summed E-state index contributed by atoms with van der Waals surface area (Å²) in [5.41, 5.74) is 1.01. The number of rotatable bonds is 3. The highest BCUT2D eigenvalue weighted by Gasteiger charge is 2.06. The predicted molar refractivity (Wildman–Crippen MR) is 65.4 cm³/mol. The predicted octanol–water partition coefficient (Wildman–Crippen LogP) is 1.09. The lowest BCUT2D eigenvalue weighted by Gasteiger charge is -2.16. The Labute approximate surface area is 102 Å². The van der Waals surface area contributed by atoms with Gasteiger partial charge < -0.3 is 15.2 Å². The van der Waals surface area contributed by atoms with Crippen LogP contribution in [0.5, 0.6) is 0 Å². The summed E-state index contributed by atoms with van der Waals surface area (Å²) in [6, 6.07) is 9.55. The molecule has 17 heavy (non-hydrogen) atoms. The molecular formula is C13H19NO3. The van der Waals surface area contributed by atoms with E-state index in [0.29, 0.717) is 13.1 Å². The Bertz CT molecular complexity index is 297. The van der Waals surface area contributed by atoms with Gasteiger partial charge in [0.2, 0.25) is 0 Å². The summed E-state index contributed by atoms with van der Waals surface area (Å²) in [5, 5.41) is 12.0. The Morgan fingerprint density at radius 2 is 1.94 bits per heavy atom. The molecule has 2 rings (SSSR count). The first-order valence-corrected chi connectivity index (χ1v) is 5.81. The number of nitrogens with one attached hydrogen (secondary N) is 1. The lowest BCUT2D eigenvalue weighted by Crippen LogP contribution is -2.30. The summed E-state index contributed by atoms with van der Waals surface area (Å²) in [6.45, 7) is 2.79. The first-order valence-electron chi connectivity index (χ1n) is 5.81. The minimum Gasteiger partial charge on any atom is -0.463 e. The van der Waals surface area contributed by atoms with Gasteiger partial charge in [-0.3, -0.25) is 4.79 Å². The fourth-order valence-electron chi connectivity index (χ4n) is 1.51. The van der Waals surface area contributed by atoms with Gasteiger partial charge in [0.1, 0.15) is 6.61 Å². The molecule has 2 N–H and O–H groups in total. The number of aliphatic hydroxyl groups excluding tert-OH is 1. The number of carbonyl (C=O) groups is 1. The van der Waals surface area contributed by atoms with Gasteiger partial charge in [-0.25, -0.2) is 0 Å². The summed E-state index contributed by atoms with van der Waals surface area (Å²) < 4.78 is 4.54. The van der Waals surface area contributed by atoms with Crippen LogP contribution in [-0.2, 0) is 16.1 Å². The van der Waals surface area contributed by atoms with E-state index in [1.807, 2.05) is 30.3 Å². The monoisotopic (exact) mass is 237 g/mol. The van der Waals surface area contributed by atoms with E-state index < -0.39 is 0 Å². The summed E-state index contributed by atoms with van der Waals surface area (Å²) >= 11 is 0. The van der Waals surface area contributed by atoms with E-state index in [1.165, 1.54) is 0 Å². The third-order valence-corrected chi connectivity index (χ3v) is 2.47. The van der Waals surface area contributed by atoms with Crippen LogP contribution in [0, 0.1) is 0 Å². The quantitative estimate of drug-likeness (QED) is 0.773. The lowest BCUT2D eigenvalue weighted by atomic mass is 10.1. The van der Waals surface area contributed by atoms with Crippen LogP contribution in [0.1, 0.15) is 18.4 Å². The maximum absolute atomic E-state index is 9.76. The molecule has 0 bridgehead atoms. The van der Waals surface area contributed by atoms with Gasteiger partial charge in [0.05, 0.1) is 6.10 Å². The van der Waals surface area contributed by atoms with Crippen LogP contribution in [0.25, 0.3) is 0 Å². The van der Waals surface area contributed by atoms with E-state index in [9.17, 15) is 4.79 Å². The lowest BCUT2D eigenvalue weighted by molar-refractivity contribution is -0.129. The number of ether oxygens (including phenoxy) is 1. The van der Waals surface area contributed by atoms with E-state index in [1.54, 1.807) is 0 Å². The minimum absolute atomic E-state index is 0.0266. The van der Waals surface area contributed by atoms with Crippen LogP contribution in [0.4, 0.5) is 0 Å². The van der Waals surface area contributed by atoms with E-state index in [4.69, 9.17) is 5.11 Å². The van der Waals surface area contributed by atoms with Crippen LogP contribution in [-0.4, -0.2) is 30.8 Å². The van der Waals surface area contributed by atoms with Crippen molar-refractivity contribution in [3.05, 3.63) is 35.9 Å². The number of hydrogen-bond acceptors (Lipinski definition) is 4. The van der Waals surface area contributed by atoms with Crippen molar-refractivity contribution in [1.29, 1.82) is 0 Å². The van der Waals surface area contributed by atoms with Crippen LogP contribution in [0.2, 0.25) is 0 Å². The zero-order valence-corrected chi connectivity index (χ0v) is 9.84. The molecule has 1 aliphatic heterocycles. The molecule has 0 saturated carbocycles. The SMILES string of the molecule is O=COCc1ccccc1.OC1CCNCC1. The van der Waals surface area contributed by atoms with Gasteiger partial charge >= 0.3 is 0 Å². The average Bonchev–Trinajstić information content (AvgIpc) is 2.39. The van der Waals surface area contributed by atoms with Crippen LogP contribution >= 0.6 is 0 Å². The molecule has 0 atom stereocenters. The molecule has 1 heterocycles. The molecule has 1 aliphatic rings. The summed E-state index contributed by atoms with van der Waals surface area (Å²) in [7, 11) is 0. The van der Waals surface area contributed by atoms with E-state index >= 15 is 0 Å². The van der Waals surface area contributed by atoms with Crippen molar-refractivity contribution in [3.63, 3.8) is 0 Å². The molecule has 0 radical (unpaired) electrons. The van der Waals surface area contributed by atoms with E-state index in [-0.39, 0.29) is 6.10 Å². The Morgan fingerprint density at radius 3 is 2.41 bits per heavy atom. The second-order valence-electron chi connectivity index (χ2n) is 3.87. The molecule has 4 nitrogen and oxygen atoms in total. The Kier molecular flexibility index (Phi) is 7.02. The van der Waals surface area contributed by atoms with Gasteiger partial charge in [0.15, 0.2) is 0 Å². The summed E-state index contributed by atoms with van der Waals surface area (Å²) in [6.07, 6.45) is 1.83. The van der Waals surface area contributed by atoms with Crippen molar-refractivity contribution < 1.29 is 14.6 Å². The molecule has 0 amide bonds.